The summed E-state index contributed by atoms with van der Waals surface area (Å²) in [6.45, 7) is 8.19. The average Bonchev–Trinajstić information content (AvgIpc) is 2.93. The highest BCUT2D eigenvalue weighted by atomic mass is 16.2. The Morgan fingerprint density at radius 3 is 2.35 bits per heavy atom. The molecule has 3 heterocycles. The fourth-order valence-electron chi connectivity index (χ4n) is 4.94. The standard InChI is InChI=1S/C30H32N6O/c1-3-26-28(24-10-12-27(31)32-18-24)29(34-20-33-26)23-9-11-25(21(2)17-23)30(37)36-15-13-35(14-16-36)19-22-7-5-4-6-8-22/h4-12,17-18,20H,3,13-16,19H2,1-2H3,(H2,31,32). The zero-order valence-corrected chi connectivity index (χ0v) is 21.4. The van der Waals surface area contributed by atoms with Crippen molar-refractivity contribution in [1.82, 2.24) is 24.8 Å². The number of rotatable bonds is 6. The lowest BCUT2D eigenvalue weighted by molar-refractivity contribution is 0.0628. The van der Waals surface area contributed by atoms with Crippen LogP contribution in [0.3, 0.4) is 0 Å². The van der Waals surface area contributed by atoms with Crippen LogP contribution in [0.25, 0.3) is 22.4 Å². The molecule has 1 aliphatic rings. The van der Waals surface area contributed by atoms with Crippen molar-refractivity contribution in [2.45, 2.75) is 26.8 Å². The molecule has 2 aromatic carbocycles. The van der Waals surface area contributed by atoms with Gasteiger partial charge in [0.25, 0.3) is 5.91 Å². The number of carbonyl (C=O) groups is 1. The van der Waals surface area contributed by atoms with Crippen LogP contribution in [-0.2, 0) is 13.0 Å². The Bertz CT molecular complexity index is 1380. The molecule has 5 rings (SSSR count). The summed E-state index contributed by atoms with van der Waals surface area (Å²) in [4.78, 5) is 31.2. The predicted octanol–water partition coefficient (Wildman–Crippen LogP) is 4.62. The Hall–Kier alpha value is -4.10. The van der Waals surface area contributed by atoms with E-state index >= 15 is 0 Å². The molecule has 188 valence electrons. The summed E-state index contributed by atoms with van der Waals surface area (Å²) in [6, 6.07) is 20.2. The topological polar surface area (TPSA) is 88.2 Å². The molecule has 1 aliphatic heterocycles. The van der Waals surface area contributed by atoms with Crippen molar-refractivity contribution >= 4 is 11.7 Å². The molecule has 7 nitrogen and oxygen atoms in total. The molecule has 0 aliphatic carbocycles. The van der Waals surface area contributed by atoms with E-state index in [1.165, 1.54) is 5.56 Å². The summed E-state index contributed by atoms with van der Waals surface area (Å²) in [6.07, 6.45) is 4.13. The molecule has 37 heavy (non-hydrogen) atoms. The van der Waals surface area contributed by atoms with Gasteiger partial charge >= 0.3 is 0 Å². The van der Waals surface area contributed by atoms with E-state index in [0.29, 0.717) is 5.82 Å². The van der Waals surface area contributed by atoms with Gasteiger partial charge in [-0.3, -0.25) is 9.69 Å². The van der Waals surface area contributed by atoms with Gasteiger partial charge in [0.2, 0.25) is 0 Å². The Morgan fingerprint density at radius 2 is 1.68 bits per heavy atom. The molecule has 1 fully saturated rings. The minimum absolute atomic E-state index is 0.0864. The molecule has 7 heteroatoms. The van der Waals surface area contributed by atoms with Gasteiger partial charge in [-0.15, -0.1) is 0 Å². The number of nitrogens with zero attached hydrogens (tertiary/aromatic N) is 5. The Kier molecular flexibility index (Phi) is 7.23. The van der Waals surface area contributed by atoms with E-state index in [-0.39, 0.29) is 5.91 Å². The predicted molar refractivity (Wildman–Crippen MR) is 147 cm³/mol. The first-order valence-corrected chi connectivity index (χ1v) is 12.8. The number of nitrogens with two attached hydrogens (primary N) is 1. The second kappa shape index (κ2) is 10.9. The molecule has 0 atom stereocenters. The molecule has 1 amide bonds. The maximum absolute atomic E-state index is 13.4. The molecule has 0 saturated carbocycles. The van der Waals surface area contributed by atoms with Crippen LogP contribution in [0.2, 0.25) is 0 Å². The summed E-state index contributed by atoms with van der Waals surface area (Å²) >= 11 is 0. The Morgan fingerprint density at radius 1 is 0.919 bits per heavy atom. The highest BCUT2D eigenvalue weighted by molar-refractivity contribution is 5.96. The molecule has 0 bridgehead atoms. The van der Waals surface area contributed by atoms with E-state index in [0.717, 1.165) is 78.3 Å². The van der Waals surface area contributed by atoms with E-state index in [1.807, 2.05) is 36.1 Å². The van der Waals surface area contributed by atoms with Crippen molar-refractivity contribution < 1.29 is 4.79 Å². The third-order valence-electron chi connectivity index (χ3n) is 6.97. The van der Waals surface area contributed by atoms with E-state index in [4.69, 9.17) is 5.73 Å². The third kappa shape index (κ3) is 5.37. The third-order valence-corrected chi connectivity index (χ3v) is 6.97. The van der Waals surface area contributed by atoms with Crippen LogP contribution < -0.4 is 5.73 Å². The lowest BCUT2D eigenvalue weighted by atomic mass is 9.95. The van der Waals surface area contributed by atoms with Crippen LogP contribution >= 0.6 is 0 Å². The number of carbonyl (C=O) groups excluding carboxylic acids is 1. The van der Waals surface area contributed by atoms with Crippen LogP contribution in [-0.4, -0.2) is 56.8 Å². The van der Waals surface area contributed by atoms with E-state index in [2.05, 4.69) is 57.1 Å². The summed E-state index contributed by atoms with van der Waals surface area (Å²) in [7, 11) is 0. The number of aryl methyl sites for hydroxylation is 2. The first-order chi connectivity index (χ1) is 18.0. The number of aromatic nitrogens is 3. The number of anilines is 1. The number of hydrogen-bond donors (Lipinski definition) is 1. The minimum Gasteiger partial charge on any atom is -0.384 e. The molecule has 0 spiro atoms. The number of benzene rings is 2. The Labute approximate surface area is 218 Å². The van der Waals surface area contributed by atoms with Gasteiger partial charge in [-0.05, 0) is 48.7 Å². The second-order valence-electron chi connectivity index (χ2n) is 9.45. The number of hydrogen-bond acceptors (Lipinski definition) is 6. The fourth-order valence-corrected chi connectivity index (χ4v) is 4.94. The summed E-state index contributed by atoms with van der Waals surface area (Å²) in [5.74, 6) is 0.558. The zero-order valence-electron chi connectivity index (χ0n) is 21.4. The maximum atomic E-state index is 13.4. The molecule has 2 N–H and O–H groups in total. The molecular formula is C30H32N6O. The first kappa shape index (κ1) is 24.6. The molecule has 4 aromatic rings. The van der Waals surface area contributed by atoms with Crippen LogP contribution in [0.15, 0.2) is 73.2 Å². The number of pyridine rings is 1. The van der Waals surface area contributed by atoms with Crippen LogP contribution in [0.5, 0.6) is 0 Å². The first-order valence-electron chi connectivity index (χ1n) is 12.8. The lowest BCUT2D eigenvalue weighted by Crippen LogP contribution is -2.48. The number of piperazine rings is 1. The summed E-state index contributed by atoms with van der Waals surface area (Å²) in [5, 5.41) is 0. The van der Waals surface area contributed by atoms with Gasteiger partial charge in [0, 0.05) is 61.2 Å². The quantitative estimate of drug-likeness (QED) is 0.423. The van der Waals surface area contributed by atoms with Crippen LogP contribution in [0, 0.1) is 6.92 Å². The largest absolute Gasteiger partial charge is 0.384 e. The van der Waals surface area contributed by atoms with Gasteiger partial charge in [-0.2, -0.15) is 0 Å². The van der Waals surface area contributed by atoms with Crippen molar-refractivity contribution in [3.63, 3.8) is 0 Å². The molecule has 0 radical (unpaired) electrons. The highest BCUT2D eigenvalue weighted by Gasteiger charge is 2.24. The van der Waals surface area contributed by atoms with Crippen molar-refractivity contribution in [2.75, 3.05) is 31.9 Å². The van der Waals surface area contributed by atoms with Crippen LogP contribution in [0.1, 0.15) is 34.1 Å². The Balaban J connectivity index is 1.35. The van der Waals surface area contributed by atoms with Gasteiger partial charge in [-0.1, -0.05) is 43.3 Å². The molecule has 1 saturated heterocycles. The van der Waals surface area contributed by atoms with Gasteiger partial charge in [0.05, 0.1) is 11.4 Å². The fraction of sp³-hybridized carbons (Fsp3) is 0.267. The smallest absolute Gasteiger partial charge is 0.254 e. The van der Waals surface area contributed by atoms with Gasteiger partial charge in [0.15, 0.2) is 0 Å². The monoisotopic (exact) mass is 492 g/mol. The van der Waals surface area contributed by atoms with Crippen molar-refractivity contribution in [3.05, 3.63) is 95.6 Å². The van der Waals surface area contributed by atoms with Crippen molar-refractivity contribution in [2.24, 2.45) is 0 Å². The second-order valence-corrected chi connectivity index (χ2v) is 9.45. The van der Waals surface area contributed by atoms with Gasteiger partial charge in [0.1, 0.15) is 12.1 Å². The lowest BCUT2D eigenvalue weighted by Gasteiger charge is -2.35. The number of amides is 1. The van der Waals surface area contributed by atoms with Crippen molar-refractivity contribution in [3.8, 4) is 22.4 Å². The maximum Gasteiger partial charge on any atom is 0.254 e. The number of nitrogen functional groups attached to an aromatic ring is 1. The van der Waals surface area contributed by atoms with Crippen LogP contribution in [0.4, 0.5) is 5.82 Å². The molecule has 2 aromatic heterocycles. The normalized spacial score (nSPS) is 14.1. The average molecular weight is 493 g/mol. The SMILES string of the molecule is CCc1ncnc(-c2ccc(C(=O)N3CCN(Cc4ccccc4)CC3)c(C)c2)c1-c1ccc(N)nc1. The van der Waals surface area contributed by atoms with E-state index < -0.39 is 0 Å². The van der Waals surface area contributed by atoms with Gasteiger partial charge < -0.3 is 10.6 Å². The van der Waals surface area contributed by atoms with E-state index in [1.54, 1.807) is 18.6 Å². The zero-order chi connectivity index (χ0) is 25.8. The summed E-state index contributed by atoms with van der Waals surface area (Å²) < 4.78 is 0. The highest BCUT2D eigenvalue weighted by Crippen LogP contribution is 2.33. The molecule has 0 unspecified atom stereocenters. The minimum atomic E-state index is 0.0864. The van der Waals surface area contributed by atoms with E-state index in [9.17, 15) is 4.79 Å². The molecular weight excluding hydrogens is 460 g/mol. The van der Waals surface area contributed by atoms with Crippen molar-refractivity contribution in [1.29, 1.82) is 0 Å². The van der Waals surface area contributed by atoms with Gasteiger partial charge in [-0.25, -0.2) is 15.0 Å². The summed E-state index contributed by atoms with van der Waals surface area (Å²) in [5.41, 5.74) is 13.4.